The van der Waals surface area contributed by atoms with Crippen LogP contribution in [0.2, 0.25) is 5.02 Å². The van der Waals surface area contributed by atoms with Gasteiger partial charge in [-0.2, -0.15) is 0 Å². The van der Waals surface area contributed by atoms with E-state index in [1.54, 1.807) is 24.4 Å². The Morgan fingerprint density at radius 1 is 1.19 bits per heavy atom. The number of benzene rings is 2. The van der Waals surface area contributed by atoms with Crippen LogP contribution in [0.3, 0.4) is 0 Å². The van der Waals surface area contributed by atoms with Crippen LogP contribution in [0.25, 0.3) is 10.9 Å². The number of anilines is 1. The van der Waals surface area contributed by atoms with Crippen LogP contribution in [0.4, 0.5) is 10.1 Å². The van der Waals surface area contributed by atoms with E-state index in [4.69, 9.17) is 11.6 Å². The lowest BCUT2D eigenvalue weighted by molar-refractivity contribution is 0.612. The third-order valence-electron chi connectivity index (χ3n) is 3.20. The van der Waals surface area contributed by atoms with Crippen LogP contribution in [0.1, 0.15) is 5.56 Å². The standard InChI is InChI=1S/C16H11BrClFN2/c17-11-3-5-14(19)10(8-11)9-21-15-6-4-13(18)16-12(15)2-1-7-20-16/h1-8,21H,9H2. The third kappa shape index (κ3) is 3.01. The van der Waals surface area contributed by atoms with E-state index in [1.807, 2.05) is 18.2 Å². The Balaban J connectivity index is 1.92. The van der Waals surface area contributed by atoms with Crippen LogP contribution in [0, 0.1) is 5.82 Å². The van der Waals surface area contributed by atoms with E-state index in [9.17, 15) is 4.39 Å². The van der Waals surface area contributed by atoms with Gasteiger partial charge in [0.1, 0.15) is 5.82 Å². The van der Waals surface area contributed by atoms with Crippen molar-refractivity contribution in [2.75, 3.05) is 5.32 Å². The average Bonchev–Trinajstić information content (AvgIpc) is 2.50. The van der Waals surface area contributed by atoms with E-state index in [0.717, 1.165) is 21.1 Å². The second-order valence-corrected chi connectivity index (χ2v) is 5.91. The molecule has 2 nitrogen and oxygen atoms in total. The molecule has 2 aromatic carbocycles. The van der Waals surface area contributed by atoms with Crippen LogP contribution in [-0.2, 0) is 6.54 Å². The van der Waals surface area contributed by atoms with Gasteiger partial charge in [-0.05, 0) is 42.5 Å². The van der Waals surface area contributed by atoms with Crippen molar-refractivity contribution in [1.82, 2.24) is 4.98 Å². The summed E-state index contributed by atoms with van der Waals surface area (Å²) in [6.45, 7) is 0.386. The molecule has 5 heteroatoms. The molecular formula is C16H11BrClFN2. The number of nitrogens with one attached hydrogen (secondary N) is 1. The van der Waals surface area contributed by atoms with Gasteiger partial charge in [0.25, 0.3) is 0 Å². The van der Waals surface area contributed by atoms with Crippen molar-refractivity contribution >= 4 is 44.1 Å². The monoisotopic (exact) mass is 364 g/mol. The Morgan fingerprint density at radius 3 is 2.90 bits per heavy atom. The summed E-state index contributed by atoms with van der Waals surface area (Å²) in [5, 5.41) is 4.76. The van der Waals surface area contributed by atoms with Gasteiger partial charge in [-0.1, -0.05) is 27.5 Å². The van der Waals surface area contributed by atoms with E-state index in [-0.39, 0.29) is 5.82 Å². The van der Waals surface area contributed by atoms with Crippen molar-refractivity contribution in [3.63, 3.8) is 0 Å². The highest BCUT2D eigenvalue weighted by Crippen LogP contribution is 2.28. The summed E-state index contributed by atoms with van der Waals surface area (Å²) in [6, 6.07) is 12.3. The van der Waals surface area contributed by atoms with Crippen LogP contribution in [-0.4, -0.2) is 4.98 Å². The Bertz CT molecular complexity index is 807. The van der Waals surface area contributed by atoms with Gasteiger partial charge in [-0.3, -0.25) is 4.98 Å². The first kappa shape index (κ1) is 14.3. The Hall–Kier alpha value is -1.65. The molecule has 106 valence electrons. The number of aromatic nitrogens is 1. The zero-order valence-electron chi connectivity index (χ0n) is 10.9. The van der Waals surface area contributed by atoms with Crippen LogP contribution >= 0.6 is 27.5 Å². The van der Waals surface area contributed by atoms with Crippen LogP contribution in [0.15, 0.2) is 53.1 Å². The molecule has 0 saturated heterocycles. The smallest absolute Gasteiger partial charge is 0.128 e. The lowest BCUT2D eigenvalue weighted by atomic mass is 10.1. The average molecular weight is 366 g/mol. The number of rotatable bonds is 3. The van der Waals surface area contributed by atoms with E-state index < -0.39 is 0 Å². The maximum Gasteiger partial charge on any atom is 0.128 e. The lowest BCUT2D eigenvalue weighted by Gasteiger charge is -2.11. The van der Waals surface area contributed by atoms with Gasteiger partial charge in [0.2, 0.25) is 0 Å². The fourth-order valence-electron chi connectivity index (χ4n) is 2.16. The molecule has 1 heterocycles. The molecule has 0 bridgehead atoms. The molecule has 0 aliphatic carbocycles. The van der Waals surface area contributed by atoms with Crippen LogP contribution < -0.4 is 5.32 Å². The maximum atomic E-state index is 13.8. The summed E-state index contributed by atoms with van der Waals surface area (Å²) >= 11 is 9.49. The van der Waals surface area contributed by atoms with Gasteiger partial charge in [-0.25, -0.2) is 4.39 Å². The molecule has 0 spiro atoms. The summed E-state index contributed by atoms with van der Waals surface area (Å²) in [5.41, 5.74) is 2.21. The normalized spacial score (nSPS) is 10.8. The highest BCUT2D eigenvalue weighted by atomic mass is 79.9. The predicted molar refractivity (Wildman–Crippen MR) is 88.2 cm³/mol. The van der Waals surface area contributed by atoms with E-state index >= 15 is 0 Å². The molecule has 0 saturated carbocycles. The van der Waals surface area contributed by atoms with E-state index in [1.165, 1.54) is 6.07 Å². The van der Waals surface area contributed by atoms with Crippen molar-refractivity contribution in [3.05, 3.63) is 69.5 Å². The summed E-state index contributed by atoms with van der Waals surface area (Å²) in [4.78, 5) is 4.27. The molecule has 3 aromatic rings. The number of halogens is 3. The van der Waals surface area contributed by atoms with Crippen LogP contribution in [0.5, 0.6) is 0 Å². The van der Waals surface area contributed by atoms with E-state index in [0.29, 0.717) is 17.1 Å². The van der Waals surface area contributed by atoms with Crippen molar-refractivity contribution < 1.29 is 4.39 Å². The number of pyridine rings is 1. The zero-order valence-corrected chi connectivity index (χ0v) is 13.2. The largest absolute Gasteiger partial charge is 0.380 e. The number of nitrogens with zero attached hydrogens (tertiary/aromatic N) is 1. The summed E-state index contributed by atoms with van der Waals surface area (Å²) < 4.78 is 14.6. The first-order valence-electron chi connectivity index (χ1n) is 6.36. The minimum Gasteiger partial charge on any atom is -0.380 e. The third-order valence-corrected chi connectivity index (χ3v) is 4.00. The van der Waals surface area contributed by atoms with Crippen molar-refractivity contribution in [2.24, 2.45) is 0 Å². The molecule has 0 atom stereocenters. The number of fused-ring (bicyclic) bond motifs is 1. The van der Waals surface area contributed by atoms with Gasteiger partial charge in [-0.15, -0.1) is 0 Å². The fourth-order valence-corrected chi connectivity index (χ4v) is 2.78. The second-order valence-electron chi connectivity index (χ2n) is 4.58. The molecular weight excluding hydrogens is 355 g/mol. The first-order chi connectivity index (χ1) is 10.1. The molecule has 0 unspecified atom stereocenters. The number of hydrogen-bond acceptors (Lipinski definition) is 2. The highest BCUT2D eigenvalue weighted by molar-refractivity contribution is 9.10. The first-order valence-corrected chi connectivity index (χ1v) is 7.53. The van der Waals surface area contributed by atoms with Crippen molar-refractivity contribution in [1.29, 1.82) is 0 Å². The van der Waals surface area contributed by atoms with Gasteiger partial charge in [0, 0.05) is 33.9 Å². The maximum absolute atomic E-state index is 13.8. The predicted octanol–water partition coefficient (Wildman–Crippen LogP) is 5.40. The summed E-state index contributed by atoms with van der Waals surface area (Å²) in [5.74, 6) is -0.234. The minimum atomic E-state index is -0.234. The Kier molecular flexibility index (Phi) is 4.08. The number of hydrogen-bond donors (Lipinski definition) is 1. The summed E-state index contributed by atoms with van der Waals surface area (Å²) in [6.07, 6.45) is 1.70. The quantitative estimate of drug-likeness (QED) is 0.672. The molecule has 0 amide bonds. The van der Waals surface area contributed by atoms with E-state index in [2.05, 4.69) is 26.2 Å². The lowest BCUT2D eigenvalue weighted by Crippen LogP contribution is -2.02. The molecule has 0 fully saturated rings. The van der Waals surface area contributed by atoms with Gasteiger partial charge >= 0.3 is 0 Å². The molecule has 3 rings (SSSR count). The van der Waals surface area contributed by atoms with Gasteiger partial charge < -0.3 is 5.32 Å². The second kappa shape index (κ2) is 6.00. The van der Waals surface area contributed by atoms with Gasteiger partial charge in [0.05, 0.1) is 10.5 Å². The van der Waals surface area contributed by atoms with Gasteiger partial charge in [0.15, 0.2) is 0 Å². The SMILES string of the molecule is Fc1ccc(Br)cc1CNc1ccc(Cl)c2ncccc12. The fraction of sp³-hybridized carbons (Fsp3) is 0.0625. The molecule has 0 radical (unpaired) electrons. The molecule has 1 N–H and O–H groups in total. The molecule has 0 aliphatic rings. The zero-order chi connectivity index (χ0) is 14.8. The van der Waals surface area contributed by atoms with Crippen molar-refractivity contribution in [3.8, 4) is 0 Å². The Morgan fingerprint density at radius 2 is 2.05 bits per heavy atom. The topological polar surface area (TPSA) is 24.9 Å². The highest BCUT2D eigenvalue weighted by Gasteiger charge is 2.07. The minimum absolute atomic E-state index is 0.234. The molecule has 21 heavy (non-hydrogen) atoms. The molecule has 0 aliphatic heterocycles. The molecule has 1 aromatic heterocycles. The van der Waals surface area contributed by atoms with Crippen molar-refractivity contribution in [2.45, 2.75) is 6.54 Å². The summed E-state index contributed by atoms with van der Waals surface area (Å²) in [7, 11) is 0. The Labute approximate surface area is 135 Å².